The van der Waals surface area contributed by atoms with Crippen LogP contribution < -0.4 is 5.32 Å². The lowest BCUT2D eigenvalue weighted by molar-refractivity contribution is -0.113. The summed E-state index contributed by atoms with van der Waals surface area (Å²) in [7, 11) is 0. The standard InChI is InChI=1S/C19H19N3O2S/c1-12-6-4-9-15(10-12)18-21-22-19(24-18)25-11-16(23)20-17-13(2)7-5-8-14(17)3/h4-10H,11H2,1-3H3,(H,20,23). The van der Waals surface area contributed by atoms with Crippen molar-refractivity contribution in [3.63, 3.8) is 0 Å². The van der Waals surface area contributed by atoms with Gasteiger partial charge in [-0.25, -0.2) is 0 Å². The molecule has 0 aliphatic heterocycles. The van der Waals surface area contributed by atoms with Crippen LogP contribution in [0.25, 0.3) is 11.5 Å². The molecular formula is C19H19N3O2S. The highest BCUT2D eigenvalue weighted by atomic mass is 32.2. The SMILES string of the molecule is Cc1cccc(-c2nnc(SCC(=O)Nc3c(C)cccc3C)o2)c1. The lowest BCUT2D eigenvalue weighted by atomic mass is 10.1. The number of aromatic nitrogens is 2. The summed E-state index contributed by atoms with van der Waals surface area (Å²) >= 11 is 1.23. The summed E-state index contributed by atoms with van der Waals surface area (Å²) in [5.41, 5.74) is 4.94. The van der Waals surface area contributed by atoms with Crippen LogP contribution in [0.4, 0.5) is 5.69 Å². The molecule has 0 bridgehead atoms. The van der Waals surface area contributed by atoms with Gasteiger partial charge in [-0.1, -0.05) is 47.7 Å². The molecule has 0 saturated carbocycles. The van der Waals surface area contributed by atoms with Crippen LogP contribution in [-0.2, 0) is 4.79 Å². The molecule has 3 rings (SSSR count). The van der Waals surface area contributed by atoms with E-state index < -0.39 is 0 Å². The summed E-state index contributed by atoms with van der Waals surface area (Å²) in [6.07, 6.45) is 0. The van der Waals surface area contributed by atoms with Gasteiger partial charge >= 0.3 is 0 Å². The molecule has 0 atom stereocenters. The maximum absolute atomic E-state index is 12.2. The molecular weight excluding hydrogens is 334 g/mol. The molecule has 2 aromatic carbocycles. The third-order valence-corrected chi connectivity index (χ3v) is 4.56. The Hall–Kier alpha value is -2.60. The van der Waals surface area contributed by atoms with Crippen molar-refractivity contribution in [2.75, 3.05) is 11.1 Å². The fourth-order valence-corrected chi connectivity index (χ4v) is 3.04. The van der Waals surface area contributed by atoms with Gasteiger partial charge in [-0.3, -0.25) is 4.79 Å². The molecule has 0 aliphatic rings. The molecule has 0 fully saturated rings. The van der Waals surface area contributed by atoms with Crippen LogP contribution >= 0.6 is 11.8 Å². The molecule has 3 aromatic rings. The van der Waals surface area contributed by atoms with Crippen molar-refractivity contribution in [2.24, 2.45) is 0 Å². The van der Waals surface area contributed by atoms with Crippen LogP contribution in [0.15, 0.2) is 52.1 Å². The minimum Gasteiger partial charge on any atom is -0.411 e. The van der Waals surface area contributed by atoms with E-state index in [-0.39, 0.29) is 11.7 Å². The molecule has 0 spiro atoms. The number of carbonyl (C=O) groups is 1. The van der Waals surface area contributed by atoms with Crippen molar-refractivity contribution >= 4 is 23.4 Å². The Balaban J connectivity index is 1.61. The van der Waals surface area contributed by atoms with Gasteiger partial charge in [0.2, 0.25) is 11.8 Å². The number of nitrogens with one attached hydrogen (secondary N) is 1. The van der Waals surface area contributed by atoms with Crippen molar-refractivity contribution in [2.45, 2.75) is 26.0 Å². The number of hydrogen-bond donors (Lipinski definition) is 1. The zero-order valence-electron chi connectivity index (χ0n) is 14.4. The first-order valence-electron chi connectivity index (χ1n) is 7.92. The summed E-state index contributed by atoms with van der Waals surface area (Å²) in [5, 5.41) is 11.4. The predicted octanol–water partition coefficient (Wildman–Crippen LogP) is 4.39. The van der Waals surface area contributed by atoms with Gasteiger partial charge in [-0.2, -0.15) is 0 Å². The van der Waals surface area contributed by atoms with Gasteiger partial charge in [0.1, 0.15) is 0 Å². The second kappa shape index (κ2) is 7.53. The number of nitrogens with zero attached hydrogens (tertiary/aromatic N) is 2. The Morgan fingerprint density at radius 3 is 2.52 bits per heavy atom. The van der Waals surface area contributed by atoms with E-state index in [0.717, 1.165) is 27.9 Å². The van der Waals surface area contributed by atoms with Crippen LogP contribution in [0.2, 0.25) is 0 Å². The van der Waals surface area contributed by atoms with E-state index in [4.69, 9.17) is 4.42 Å². The van der Waals surface area contributed by atoms with Crippen LogP contribution in [-0.4, -0.2) is 21.9 Å². The number of anilines is 1. The second-order valence-electron chi connectivity index (χ2n) is 5.85. The normalized spacial score (nSPS) is 10.7. The highest BCUT2D eigenvalue weighted by molar-refractivity contribution is 7.99. The molecule has 0 unspecified atom stereocenters. The minimum atomic E-state index is -0.0993. The molecule has 6 heteroatoms. The number of hydrogen-bond acceptors (Lipinski definition) is 5. The Kier molecular flexibility index (Phi) is 5.19. The largest absolute Gasteiger partial charge is 0.411 e. The summed E-state index contributed by atoms with van der Waals surface area (Å²) in [6, 6.07) is 13.8. The molecule has 0 saturated heterocycles. The van der Waals surface area contributed by atoms with Crippen LogP contribution in [0.1, 0.15) is 16.7 Å². The van der Waals surface area contributed by atoms with E-state index in [2.05, 4.69) is 15.5 Å². The van der Waals surface area contributed by atoms with E-state index in [9.17, 15) is 4.79 Å². The Labute approximate surface area is 150 Å². The van der Waals surface area contributed by atoms with Gasteiger partial charge in [0, 0.05) is 11.3 Å². The van der Waals surface area contributed by atoms with Gasteiger partial charge in [-0.15, -0.1) is 10.2 Å². The van der Waals surface area contributed by atoms with Crippen LogP contribution in [0, 0.1) is 20.8 Å². The molecule has 25 heavy (non-hydrogen) atoms. The summed E-state index contributed by atoms with van der Waals surface area (Å²) in [4.78, 5) is 12.2. The number of aryl methyl sites for hydroxylation is 3. The monoisotopic (exact) mass is 353 g/mol. The summed E-state index contributed by atoms with van der Waals surface area (Å²) < 4.78 is 5.63. The van der Waals surface area contributed by atoms with E-state index in [1.807, 2.05) is 63.2 Å². The molecule has 1 heterocycles. The van der Waals surface area contributed by atoms with Crippen LogP contribution in [0.5, 0.6) is 0 Å². The first-order chi connectivity index (χ1) is 12.0. The van der Waals surface area contributed by atoms with Crippen molar-refractivity contribution in [1.29, 1.82) is 0 Å². The molecule has 1 amide bonds. The molecule has 1 N–H and O–H groups in total. The fraction of sp³-hybridized carbons (Fsp3) is 0.211. The van der Waals surface area contributed by atoms with Crippen molar-refractivity contribution in [3.8, 4) is 11.5 Å². The Bertz CT molecular complexity index is 885. The molecule has 1 aromatic heterocycles. The number of amides is 1. The first-order valence-corrected chi connectivity index (χ1v) is 8.91. The average Bonchev–Trinajstić information content (AvgIpc) is 3.06. The van der Waals surface area contributed by atoms with Crippen molar-refractivity contribution in [3.05, 3.63) is 59.2 Å². The lowest BCUT2D eigenvalue weighted by Crippen LogP contribution is -2.15. The number of rotatable bonds is 5. The third-order valence-electron chi connectivity index (χ3n) is 3.74. The Morgan fingerprint density at radius 1 is 1.08 bits per heavy atom. The maximum Gasteiger partial charge on any atom is 0.277 e. The number of para-hydroxylation sites is 1. The third kappa shape index (κ3) is 4.28. The molecule has 0 aliphatic carbocycles. The fourth-order valence-electron chi connectivity index (χ4n) is 2.48. The van der Waals surface area contributed by atoms with Gasteiger partial charge in [0.05, 0.1) is 5.75 Å². The van der Waals surface area contributed by atoms with E-state index in [0.29, 0.717) is 11.1 Å². The smallest absolute Gasteiger partial charge is 0.277 e. The van der Waals surface area contributed by atoms with E-state index in [1.165, 1.54) is 11.8 Å². The number of thioether (sulfide) groups is 1. The Morgan fingerprint density at radius 2 is 1.80 bits per heavy atom. The predicted molar refractivity (Wildman–Crippen MR) is 99.7 cm³/mol. The lowest BCUT2D eigenvalue weighted by Gasteiger charge is -2.10. The number of carbonyl (C=O) groups excluding carboxylic acids is 1. The molecule has 5 nitrogen and oxygen atoms in total. The van der Waals surface area contributed by atoms with Gasteiger partial charge in [0.15, 0.2) is 0 Å². The zero-order chi connectivity index (χ0) is 17.8. The molecule has 0 radical (unpaired) electrons. The first kappa shape index (κ1) is 17.2. The van der Waals surface area contributed by atoms with Crippen molar-refractivity contribution < 1.29 is 9.21 Å². The van der Waals surface area contributed by atoms with Gasteiger partial charge in [0.25, 0.3) is 5.22 Å². The molecule has 128 valence electrons. The second-order valence-corrected chi connectivity index (χ2v) is 6.77. The maximum atomic E-state index is 12.2. The van der Waals surface area contributed by atoms with Gasteiger partial charge in [-0.05, 0) is 44.0 Å². The highest BCUT2D eigenvalue weighted by Crippen LogP contribution is 2.24. The topological polar surface area (TPSA) is 68.0 Å². The average molecular weight is 353 g/mol. The number of benzene rings is 2. The summed E-state index contributed by atoms with van der Waals surface area (Å²) in [6.45, 7) is 5.96. The van der Waals surface area contributed by atoms with E-state index >= 15 is 0 Å². The summed E-state index contributed by atoms with van der Waals surface area (Å²) in [5.74, 6) is 0.572. The van der Waals surface area contributed by atoms with Crippen molar-refractivity contribution in [1.82, 2.24) is 10.2 Å². The zero-order valence-corrected chi connectivity index (χ0v) is 15.2. The quantitative estimate of drug-likeness (QED) is 0.689. The van der Waals surface area contributed by atoms with E-state index in [1.54, 1.807) is 0 Å². The van der Waals surface area contributed by atoms with Gasteiger partial charge < -0.3 is 9.73 Å². The highest BCUT2D eigenvalue weighted by Gasteiger charge is 2.12. The van der Waals surface area contributed by atoms with Crippen LogP contribution in [0.3, 0.4) is 0 Å². The minimum absolute atomic E-state index is 0.0993.